The highest BCUT2D eigenvalue weighted by Crippen LogP contribution is 2.49. The molecule has 1 aromatic carbocycles. The molecule has 1 fully saturated rings. The van der Waals surface area contributed by atoms with Crippen LogP contribution in [0.1, 0.15) is 18.4 Å². The lowest BCUT2D eigenvalue weighted by Crippen LogP contribution is -2.16. The zero-order valence-corrected chi connectivity index (χ0v) is 7.66. The molecule has 2 rings (SSSR count). The lowest BCUT2D eigenvalue weighted by atomic mass is 9.96. The van der Waals surface area contributed by atoms with Crippen molar-refractivity contribution in [3.63, 3.8) is 0 Å². The van der Waals surface area contributed by atoms with E-state index in [0.29, 0.717) is 18.9 Å². The Labute approximate surface area is 83.3 Å². The summed E-state index contributed by atoms with van der Waals surface area (Å²) in [6.45, 7) is -0.394. The van der Waals surface area contributed by atoms with Gasteiger partial charge in [0.1, 0.15) is 0 Å². The van der Waals surface area contributed by atoms with E-state index in [1.54, 1.807) is 0 Å². The van der Waals surface area contributed by atoms with E-state index in [1.165, 1.54) is 0 Å². The van der Waals surface area contributed by atoms with E-state index in [4.69, 9.17) is 5.11 Å². The topological polar surface area (TPSA) is 20.2 Å². The van der Waals surface area contributed by atoms with Crippen LogP contribution in [-0.4, -0.2) is 11.7 Å². The number of aliphatic hydroxyl groups excluding tert-OH is 1. The van der Waals surface area contributed by atoms with Crippen LogP contribution < -0.4 is 0 Å². The normalized spacial score (nSPS) is 17.9. The first kappa shape index (κ1) is 10.4. The van der Waals surface area contributed by atoms with Crippen LogP contribution in [0.25, 0.3) is 0 Å². The van der Waals surface area contributed by atoms with Crippen molar-refractivity contribution in [2.24, 2.45) is 0 Å². The van der Waals surface area contributed by atoms with Crippen molar-refractivity contribution in [2.45, 2.75) is 18.3 Å². The Balaban J connectivity index is 2.58. The summed E-state index contributed by atoms with van der Waals surface area (Å²) in [5, 5.41) is 8.98. The molecule has 0 amide bonds. The second-order valence-electron chi connectivity index (χ2n) is 3.79. The van der Waals surface area contributed by atoms with Gasteiger partial charge in [0.25, 0.3) is 0 Å². The van der Waals surface area contributed by atoms with E-state index in [1.807, 2.05) is 0 Å². The average molecular weight is 220 g/mol. The highest BCUT2D eigenvalue weighted by atomic mass is 19.2. The summed E-state index contributed by atoms with van der Waals surface area (Å²) >= 11 is 0. The molecule has 1 aliphatic rings. The van der Waals surface area contributed by atoms with Gasteiger partial charge in [-0.1, -0.05) is 0 Å². The molecule has 0 radical (unpaired) electrons. The maximum absolute atomic E-state index is 13.3. The number of hydrogen-bond acceptors (Lipinski definition) is 1. The number of rotatable bonds is 2. The van der Waals surface area contributed by atoms with Crippen LogP contribution in [0.2, 0.25) is 0 Å². The van der Waals surface area contributed by atoms with Gasteiger partial charge < -0.3 is 5.11 Å². The second-order valence-corrected chi connectivity index (χ2v) is 3.79. The molecule has 0 aliphatic heterocycles. The summed E-state index contributed by atoms with van der Waals surface area (Å²) in [5.41, 5.74) is -1.19. The molecular weight excluding hydrogens is 212 g/mol. The third-order valence-electron chi connectivity index (χ3n) is 2.83. The summed E-state index contributed by atoms with van der Waals surface area (Å²) in [6.07, 6.45) is 0.899. The van der Waals surface area contributed by atoms with Crippen molar-refractivity contribution in [1.82, 2.24) is 0 Å². The standard InChI is InChI=1S/C10H8F4O/c11-6-3-5(10(4-15)1-2-10)7(12)9(14)8(6)13/h3,15H,1-2,4H2. The highest BCUT2D eigenvalue weighted by Gasteiger charge is 2.46. The minimum Gasteiger partial charge on any atom is -0.395 e. The summed E-state index contributed by atoms with van der Waals surface area (Å²) in [6, 6.07) is 0.622. The SMILES string of the molecule is OCC1(c2cc(F)c(F)c(F)c2F)CC1. The lowest BCUT2D eigenvalue weighted by Gasteiger charge is -2.13. The highest BCUT2D eigenvalue weighted by molar-refractivity contribution is 5.34. The van der Waals surface area contributed by atoms with Crippen molar-refractivity contribution in [1.29, 1.82) is 0 Å². The number of halogens is 4. The third-order valence-corrected chi connectivity index (χ3v) is 2.83. The van der Waals surface area contributed by atoms with Crippen LogP contribution in [-0.2, 0) is 5.41 Å². The van der Waals surface area contributed by atoms with Gasteiger partial charge in [-0.2, -0.15) is 0 Å². The fraction of sp³-hybridized carbons (Fsp3) is 0.400. The Bertz CT molecular complexity index is 412. The maximum atomic E-state index is 13.3. The van der Waals surface area contributed by atoms with Crippen LogP contribution in [0.5, 0.6) is 0 Å². The molecule has 1 N–H and O–H groups in total. The Morgan fingerprint density at radius 1 is 1.07 bits per heavy atom. The molecule has 1 aromatic rings. The number of aliphatic hydroxyl groups is 1. The Hall–Kier alpha value is -1.10. The van der Waals surface area contributed by atoms with Gasteiger partial charge in [-0.3, -0.25) is 0 Å². The van der Waals surface area contributed by atoms with Crippen LogP contribution in [0.3, 0.4) is 0 Å². The summed E-state index contributed by atoms with van der Waals surface area (Å²) < 4.78 is 51.6. The minimum atomic E-state index is -1.82. The molecule has 0 aromatic heterocycles. The van der Waals surface area contributed by atoms with E-state index in [2.05, 4.69) is 0 Å². The average Bonchev–Trinajstić information content (AvgIpc) is 3.01. The quantitative estimate of drug-likeness (QED) is 0.460. The maximum Gasteiger partial charge on any atom is 0.197 e. The minimum absolute atomic E-state index is 0.276. The van der Waals surface area contributed by atoms with Crippen molar-refractivity contribution < 1.29 is 22.7 Å². The van der Waals surface area contributed by atoms with Gasteiger partial charge in [-0.15, -0.1) is 0 Å². The van der Waals surface area contributed by atoms with Crippen LogP contribution in [0.15, 0.2) is 6.07 Å². The number of hydrogen-bond donors (Lipinski definition) is 1. The van der Waals surface area contributed by atoms with Gasteiger partial charge in [0.2, 0.25) is 0 Å². The second kappa shape index (κ2) is 3.20. The smallest absolute Gasteiger partial charge is 0.197 e. The summed E-state index contributed by atoms with van der Waals surface area (Å²) in [4.78, 5) is 0. The molecule has 1 nitrogen and oxygen atoms in total. The van der Waals surface area contributed by atoms with Gasteiger partial charge in [-0.05, 0) is 18.9 Å². The van der Waals surface area contributed by atoms with E-state index in [0.717, 1.165) is 0 Å². The first-order chi connectivity index (χ1) is 7.02. The van der Waals surface area contributed by atoms with Gasteiger partial charge in [-0.25, -0.2) is 17.6 Å². The molecular formula is C10H8F4O. The zero-order valence-electron chi connectivity index (χ0n) is 7.66. The first-order valence-corrected chi connectivity index (χ1v) is 4.46. The molecule has 5 heteroatoms. The Morgan fingerprint density at radius 2 is 1.67 bits per heavy atom. The molecule has 1 aliphatic carbocycles. The summed E-state index contributed by atoms with van der Waals surface area (Å²) in [5.74, 6) is -6.46. The fourth-order valence-corrected chi connectivity index (χ4v) is 1.62. The molecule has 0 unspecified atom stereocenters. The van der Waals surface area contributed by atoms with Crippen molar-refractivity contribution in [3.05, 3.63) is 34.9 Å². The van der Waals surface area contributed by atoms with Gasteiger partial charge in [0, 0.05) is 11.0 Å². The van der Waals surface area contributed by atoms with Crippen molar-refractivity contribution in [3.8, 4) is 0 Å². The predicted molar refractivity (Wildman–Crippen MR) is 44.3 cm³/mol. The van der Waals surface area contributed by atoms with E-state index in [-0.39, 0.29) is 5.56 Å². The monoisotopic (exact) mass is 220 g/mol. The molecule has 82 valence electrons. The molecule has 0 atom stereocenters. The Kier molecular flexibility index (Phi) is 2.22. The predicted octanol–water partition coefficient (Wildman–Crippen LogP) is 2.27. The number of benzene rings is 1. The zero-order chi connectivity index (χ0) is 11.2. The lowest BCUT2D eigenvalue weighted by molar-refractivity contribution is 0.249. The van der Waals surface area contributed by atoms with Gasteiger partial charge in [0.15, 0.2) is 23.3 Å². The van der Waals surface area contributed by atoms with Crippen molar-refractivity contribution in [2.75, 3.05) is 6.61 Å². The molecule has 0 spiro atoms. The van der Waals surface area contributed by atoms with Crippen LogP contribution in [0.4, 0.5) is 17.6 Å². The van der Waals surface area contributed by atoms with Gasteiger partial charge >= 0.3 is 0 Å². The van der Waals surface area contributed by atoms with E-state index in [9.17, 15) is 17.6 Å². The first-order valence-electron chi connectivity index (χ1n) is 4.46. The molecule has 15 heavy (non-hydrogen) atoms. The van der Waals surface area contributed by atoms with Crippen LogP contribution >= 0.6 is 0 Å². The van der Waals surface area contributed by atoms with Crippen molar-refractivity contribution >= 4 is 0 Å². The Morgan fingerprint density at radius 3 is 2.13 bits per heavy atom. The third kappa shape index (κ3) is 1.42. The molecule has 0 heterocycles. The summed E-state index contributed by atoms with van der Waals surface area (Å²) in [7, 11) is 0. The molecule has 1 saturated carbocycles. The van der Waals surface area contributed by atoms with Crippen LogP contribution in [0, 0.1) is 23.3 Å². The van der Waals surface area contributed by atoms with Gasteiger partial charge in [0.05, 0.1) is 6.61 Å². The largest absolute Gasteiger partial charge is 0.395 e. The molecule has 0 bridgehead atoms. The fourth-order valence-electron chi connectivity index (χ4n) is 1.62. The van der Waals surface area contributed by atoms with E-state index >= 15 is 0 Å². The molecule has 0 saturated heterocycles. The van der Waals surface area contributed by atoms with E-state index < -0.39 is 35.3 Å².